The Bertz CT molecular complexity index is 488. The van der Waals surface area contributed by atoms with Gasteiger partial charge < -0.3 is 14.7 Å². The van der Waals surface area contributed by atoms with E-state index in [0.29, 0.717) is 24.6 Å². The molecule has 3 atom stereocenters. The number of carbonyl (C=O) groups excluding carboxylic acids is 1. The Morgan fingerprint density at radius 3 is 2.50 bits per heavy atom. The molecule has 0 aromatic heterocycles. The fraction of sp³-hybridized carbons (Fsp3) is 0.611. The van der Waals surface area contributed by atoms with Crippen molar-refractivity contribution in [2.24, 2.45) is 5.92 Å². The molecule has 2 aliphatic rings. The molecule has 1 aromatic carbocycles. The Morgan fingerprint density at radius 2 is 1.91 bits per heavy atom. The molecule has 4 nitrogen and oxygen atoms in total. The number of aliphatic hydroxyl groups excluding tert-OH is 1. The molecule has 3 rings (SSSR count). The van der Waals surface area contributed by atoms with Gasteiger partial charge in [0.05, 0.1) is 6.10 Å². The molecule has 0 spiro atoms. The predicted octanol–water partition coefficient (Wildman–Crippen LogP) is 3.34. The van der Waals surface area contributed by atoms with Gasteiger partial charge in [0.2, 0.25) is 0 Å². The average molecular weight is 303 g/mol. The van der Waals surface area contributed by atoms with E-state index in [1.807, 2.05) is 42.2 Å². The highest BCUT2D eigenvalue weighted by Gasteiger charge is 2.44. The SMILES string of the molecule is CC(O)CC1CC2CCC(C1)N2C(=O)OCc1ccccc1. The van der Waals surface area contributed by atoms with Gasteiger partial charge in [0.25, 0.3) is 0 Å². The van der Waals surface area contributed by atoms with Crippen molar-refractivity contribution < 1.29 is 14.6 Å². The summed E-state index contributed by atoms with van der Waals surface area (Å²) in [6, 6.07) is 10.4. The van der Waals surface area contributed by atoms with Crippen LogP contribution in [-0.2, 0) is 11.3 Å². The number of hydrogen-bond acceptors (Lipinski definition) is 3. The zero-order chi connectivity index (χ0) is 15.5. The van der Waals surface area contributed by atoms with E-state index in [1.54, 1.807) is 0 Å². The quantitative estimate of drug-likeness (QED) is 0.928. The minimum absolute atomic E-state index is 0.174. The van der Waals surface area contributed by atoms with Crippen LogP contribution in [0, 0.1) is 5.92 Å². The number of hydrogen-bond donors (Lipinski definition) is 1. The third-order valence-electron chi connectivity index (χ3n) is 4.92. The highest BCUT2D eigenvalue weighted by Crippen LogP contribution is 2.40. The second-order valence-corrected chi connectivity index (χ2v) is 6.75. The molecule has 2 bridgehead atoms. The Labute approximate surface area is 132 Å². The largest absolute Gasteiger partial charge is 0.445 e. The fourth-order valence-electron chi connectivity index (χ4n) is 4.06. The lowest BCUT2D eigenvalue weighted by Gasteiger charge is -2.38. The maximum Gasteiger partial charge on any atom is 0.410 e. The third kappa shape index (κ3) is 3.43. The normalized spacial score (nSPS) is 28.5. The zero-order valence-corrected chi connectivity index (χ0v) is 13.1. The summed E-state index contributed by atoms with van der Waals surface area (Å²) in [6.45, 7) is 2.19. The predicted molar refractivity (Wildman–Crippen MR) is 84.3 cm³/mol. The standard InChI is InChI=1S/C18H25NO3/c1-13(20)9-15-10-16-7-8-17(11-15)19(16)18(21)22-12-14-5-3-2-4-6-14/h2-6,13,15-17,20H,7-12H2,1H3. The lowest BCUT2D eigenvalue weighted by atomic mass is 9.87. The molecule has 0 saturated carbocycles. The maximum absolute atomic E-state index is 12.4. The minimum atomic E-state index is -0.249. The van der Waals surface area contributed by atoms with Crippen LogP contribution in [0.5, 0.6) is 0 Å². The van der Waals surface area contributed by atoms with Crippen LogP contribution in [0.4, 0.5) is 4.79 Å². The number of benzene rings is 1. The summed E-state index contributed by atoms with van der Waals surface area (Å²) in [5.41, 5.74) is 1.02. The van der Waals surface area contributed by atoms with E-state index in [2.05, 4.69) is 0 Å². The number of carbonyl (C=O) groups is 1. The molecule has 1 aromatic rings. The summed E-state index contributed by atoms with van der Waals surface area (Å²) < 4.78 is 5.50. The summed E-state index contributed by atoms with van der Waals surface area (Å²) >= 11 is 0. The number of aliphatic hydroxyl groups is 1. The van der Waals surface area contributed by atoms with Crippen LogP contribution in [0.15, 0.2) is 30.3 Å². The van der Waals surface area contributed by atoms with Gasteiger partial charge in [0.15, 0.2) is 0 Å². The van der Waals surface area contributed by atoms with Gasteiger partial charge in [-0.3, -0.25) is 0 Å². The van der Waals surface area contributed by atoms with Gasteiger partial charge >= 0.3 is 6.09 Å². The summed E-state index contributed by atoms with van der Waals surface area (Å²) in [6.07, 6.45) is 4.57. The summed E-state index contributed by atoms with van der Waals surface area (Å²) in [4.78, 5) is 14.4. The van der Waals surface area contributed by atoms with E-state index in [1.165, 1.54) is 0 Å². The lowest BCUT2D eigenvalue weighted by molar-refractivity contribution is 0.0440. The highest BCUT2D eigenvalue weighted by molar-refractivity contribution is 5.69. The molecule has 1 N–H and O–H groups in total. The Morgan fingerprint density at radius 1 is 1.27 bits per heavy atom. The van der Waals surface area contributed by atoms with Crippen LogP contribution in [0.3, 0.4) is 0 Å². The first-order valence-corrected chi connectivity index (χ1v) is 8.30. The van der Waals surface area contributed by atoms with Gasteiger partial charge in [0, 0.05) is 12.1 Å². The molecule has 2 aliphatic heterocycles. The van der Waals surface area contributed by atoms with Gasteiger partial charge in [-0.15, -0.1) is 0 Å². The van der Waals surface area contributed by atoms with Crippen molar-refractivity contribution in [1.29, 1.82) is 0 Å². The van der Waals surface area contributed by atoms with E-state index in [4.69, 9.17) is 4.74 Å². The van der Waals surface area contributed by atoms with Gasteiger partial charge in [-0.2, -0.15) is 0 Å². The number of piperidine rings is 1. The van der Waals surface area contributed by atoms with Crippen molar-refractivity contribution >= 4 is 6.09 Å². The van der Waals surface area contributed by atoms with E-state index in [0.717, 1.165) is 37.7 Å². The highest BCUT2D eigenvalue weighted by atomic mass is 16.6. The number of amides is 1. The van der Waals surface area contributed by atoms with Gasteiger partial charge in [-0.1, -0.05) is 30.3 Å². The number of nitrogens with zero attached hydrogens (tertiary/aromatic N) is 1. The number of fused-ring (bicyclic) bond motifs is 2. The van der Waals surface area contributed by atoms with Crippen molar-refractivity contribution in [2.45, 2.75) is 63.8 Å². The molecule has 2 fully saturated rings. The van der Waals surface area contributed by atoms with Gasteiger partial charge in [-0.25, -0.2) is 4.79 Å². The molecule has 2 saturated heterocycles. The second-order valence-electron chi connectivity index (χ2n) is 6.75. The molecule has 4 heteroatoms. The van der Waals surface area contributed by atoms with E-state index < -0.39 is 0 Å². The zero-order valence-electron chi connectivity index (χ0n) is 13.1. The van der Waals surface area contributed by atoms with Crippen molar-refractivity contribution in [2.75, 3.05) is 0 Å². The van der Waals surface area contributed by atoms with E-state index in [-0.39, 0.29) is 12.2 Å². The molecule has 0 radical (unpaired) electrons. The van der Waals surface area contributed by atoms with Crippen molar-refractivity contribution in [3.63, 3.8) is 0 Å². The monoisotopic (exact) mass is 303 g/mol. The van der Waals surface area contributed by atoms with Crippen LogP contribution in [0.2, 0.25) is 0 Å². The smallest absolute Gasteiger partial charge is 0.410 e. The molecule has 3 unspecified atom stereocenters. The Hall–Kier alpha value is -1.55. The summed E-state index contributed by atoms with van der Waals surface area (Å²) in [5.74, 6) is 0.538. The fourth-order valence-corrected chi connectivity index (χ4v) is 4.06. The molecule has 2 heterocycles. The Balaban J connectivity index is 1.56. The van der Waals surface area contributed by atoms with Gasteiger partial charge in [-0.05, 0) is 50.5 Å². The van der Waals surface area contributed by atoms with Crippen LogP contribution in [-0.4, -0.2) is 34.3 Å². The van der Waals surface area contributed by atoms with Crippen molar-refractivity contribution in [3.8, 4) is 0 Å². The molecule has 0 aliphatic carbocycles. The number of rotatable bonds is 4. The van der Waals surface area contributed by atoms with Crippen LogP contribution < -0.4 is 0 Å². The van der Waals surface area contributed by atoms with E-state index in [9.17, 15) is 9.90 Å². The first kappa shape index (κ1) is 15.3. The number of ether oxygens (including phenoxy) is 1. The minimum Gasteiger partial charge on any atom is -0.445 e. The third-order valence-corrected chi connectivity index (χ3v) is 4.92. The maximum atomic E-state index is 12.4. The van der Waals surface area contributed by atoms with Crippen LogP contribution >= 0.6 is 0 Å². The van der Waals surface area contributed by atoms with Crippen molar-refractivity contribution in [3.05, 3.63) is 35.9 Å². The summed E-state index contributed by atoms with van der Waals surface area (Å²) in [7, 11) is 0. The molecule has 120 valence electrons. The molecule has 22 heavy (non-hydrogen) atoms. The van der Waals surface area contributed by atoms with Gasteiger partial charge in [0.1, 0.15) is 6.61 Å². The first-order valence-electron chi connectivity index (χ1n) is 8.30. The van der Waals surface area contributed by atoms with Crippen LogP contribution in [0.25, 0.3) is 0 Å². The topological polar surface area (TPSA) is 49.8 Å². The van der Waals surface area contributed by atoms with Crippen LogP contribution in [0.1, 0.15) is 44.6 Å². The first-order chi connectivity index (χ1) is 10.6. The summed E-state index contributed by atoms with van der Waals surface area (Å²) in [5, 5.41) is 9.58. The molecule has 1 amide bonds. The molecular weight excluding hydrogens is 278 g/mol. The average Bonchev–Trinajstić information content (AvgIpc) is 2.77. The molecular formula is C18H25NO3. The van der Waals surface area contributed by atoms with Crippen molar-refractivity contribution in [1.82, 2.24) is 4.90 Å². The second kappa shape index (κ2) is 6.69. The lowest BCUT2D eigenvalue weighted by Crippen LogP contribution is -2.47. The van der Waals surface area contributed by atoms with E-state index >= 15 is 0 Å². The Kier molecular flexibility index (Phi) is 4.67.